The van der Waals surface area contributed by atoms with Crippen LogP contribution in [0, 0.1) is 5.41 Å². The molecule has 0 rings (SSSR count). The summed E-state index contributed by atoms with van der Waals surface area (Å²) in [5.41, 5.74) is 6.56. The van der Waals surface area contributed by atoms with Crippen LogP contribution in [0.5, 0.6) is 0 Å². The Morgan fingerprint density at radius 1 is 0.850 bits per heavy atom. The van der Waals surface area contributed by atoms with Gasteiger partial charge in [0, 0.05) is 31.2 Å². The smallest absolute Gasteiger partial charge is 0.0629 e. The summed E-state index contributed by atoms with van der Waals surface area (Å²) < 4.78 is 0. The molecule has 0 aliphatic carbocycles. The van der Waals surface area contributed by atoms with Crippen LogP contribution in [0.1, 0.15) is 69.2 Å². The maximum atomic E-state index is 6.37. The molecule has 0 saturated carbocycles. The highest BCUT2D eigenvalue weighted by Crippen LogP contribution is 2.21. The number of nitrogens with two attached hydrogens (primary N) is 1. The summed E-state index contributed by atoms with van der Waals surface area (Å²) in [5, 5.41) is 0. The minimum atomic E-state index is -0.270. The van der Waals surface area contributed by atoms with Crippen molar-refractivity contribution in [2.24, 2.45) is 11.1 Å². The molecule has 0 aromatic heterocycles. The van der Waals surface area contributed by atoms with Gasteiger partial charge in [0.05, 0.1) is 5.66 Å². The average Bonchev–Trinajstić information content (AvgIpc) is 2.09. The van der Waals surface area contributed by atoms with Gasteiger partial charge in [0.2, 0.25) is 0 Å². The van der Waals surface area contributed by atoms with Crippen LogP contribution in [0.3, 0.4) is 0 Å². The first-order valence-corrected chi connectivity index (χ1v) is 7.95. The van der Waals surface area contributed by atoms with Crippen LogP contribution in [-0.4, -0.2) is 46.7 Å². The third-order valence-corrected chi connectivity index (χ3v) is 3.58. The van der Waals surface area contributed by atoms with Crippen LogP contribution in [0.2, 0.25) is 0 Å². The van der Waals surface area contributed by atoms with E-state index in [-0.39, 0.29) is 16.6 Å². The van der Waals surface area contributed by atoms with E-state index in [1.165, 1.54) is 0 Å². The molecule has 0 fully saturated rings. The zero-order valence-corrected chi connectivity index (χ0v) is 15.7. The highest BCUT2D eigenvalue weighted by molar-refractivity contribution is 4.84. The highest BCUT2D eigenvalue weighted by atomic mass is 15.3. The van der Waals surface area contributed by atoms with Crippen LogP contribution in [0.15, 0.2) is 0 Å². The lowest BCUT2D eigenvalue weighted by molar-refractivity contribution is 0.0377. The fraction of sp³-hybridized carbons (Fsp3) is 1.00. The zero-order chi connectivity index (χ0) is 16.4. The van der Waals surface area contributed by atoms with Crippen molar-refractivity contribution in [3.63, 3.8) is 0 Å². The van der Waals surface area contributed by atoms with Crippen molar-refractivity contribution in [1.29, 1.82) is 0 Å². The summed E-state index contributed by atoms with van der Waals surface area (Å²) in [6.07, 6.45) is 0. The van der Waals surface area contributed by atoms with Gasteiger partial charge in [0.15, 0.2) is 0 Å². The second-order valence-corrected chi connectivity index (χ2v) is 9.09. The van der Waals surface area contributed by atoms with Crippen molar-refractivity contribution in [3.8, 4) is 0 Å². The molecular formula is C17H39N3. The van der Waals surface area contributed by atoms with E-state index in [4.69, 9.17) is 5.73 Å². The molecule has 0 aromatic carbocycles. The summed E-state index contributed by atoms with van der Waals surface area (Å²) in [7, 11) is 0. The van der Waals surface area contributed by atoms with Gasteiger partial charge in [-0.15, -0.1) is 0 Å². The Balaban J connectivity index is 4.84. The van der Waals surface area contributed by atoms with E-state index in [9.17, 15) is 0 Å². The van der Waals surface area contributed by atoms with Crippen molar-refractivity contribution in [3.05, 3.63) is 0 Å². The Hall–Kier alpha value is -0.120. The van der Waals surface area contributed by atoms with E-state index in [2.05, 4.69) is 79.0 Å². The van der Waals surface area contributed by atoms with Crippen LogP contribution >= 0.6 is 0 Å². The minimum Gasteiger partial charge on any atom is -0.314 e. The first-order chi connectivity index (χ1) is 8.64. The molecule has 0 aliphatic heterocycles. The first kappa shape index (κ1) is 19.9. The zero-order valence-electron chi connectivity index (χ0n) is 15.7. The van der Waals surface area contributed by atoms with Gasteiger partial charge >= 0.3 is 0 Å². The van der Waals surface area contributed by atoms with Crippen molar-refractivity contribution in [2.45, 2.75) is 86.5 Å². The molecule has 3 heteroatoms. The summed E-state index contributed by atoms with van der Waals surface area (Å²) in [6.45, 7) is 25.5. The van der Waals surface area contributed by atoms with Crippen LogP contribution < -0.4 is 5.73 Å². The highest BCUT2D eigenvalue weighted by Gasteiger charge is 2.29. The lowest BCUT2D eigenvalue weighted by atomic mass is 9.94. The molecule has 0 bridgehead atoms. The second kappa shape index (κ2) is 6.76. The third-order valence-electron chi connectivity index (χ3n) is 3.58. The first-order valence-electron chi connectivity index (χ1n) is 7.95. The van der Waals surface area contributed by atoms with Gasteiger partial charge in [0.25, 0.3) is 0 Å². The average molecular weight is 286 g/mol. The van der Waals surface area contributed by atoms with Crippen molar-refractivity contribution >= 4 is 0 Å². The molecule has 0 saturated heterocycles. The lowest BCUT2D eigenvalue weighted by Gasteiger charge is -2.44. The van der Waals surface area contributed by atoms with Gasteiger partial charge in [-0.05, 0) is 53.9 Å². The molecule has 0 atom stereocenters. The molecule has 0 radical (unpaired) electrons. The Labute approximate surface area is 127 Å². The quantitative estimate of drug-likeness (QED) is 0.758. The normalized spacial score (nSPS) is 14.7. The van der Waals surface area contributed by atoms with Crippen molar-refractivity contribution in [1.82, 2.24) is 9.80 Å². The molecular weight excluding hydrogens is 246 g/mol. The number of nitrogens with zero attached hydrogens (tertiary/aromatic N) is 2. The van der Waals surface area contributed by atoms with E-state index in [0.29, 0.717) is 6.04 Å². The second-order valence-electron chi connectivity index (χ2n) is 9.09. The van der Waals surface area contributed by atoms with E-state index >= 15 is 0 Å². The standard InChI is InChI=1S/C17H39N3/c1-14(2)20(16(6,7)8)12-11-19(17(9,10)18)13-15(3,4)5/h14H,11-13,18H2,1-10H3. The number of hydrogen-bond donors (Lipinski definition) is 1. The Bertz CT molecular complexity index is 276. The van der Waals surface area contributed by atoms with Gasteiger partial charge in [-0.1, -0.05) is 20.8 Å². The molecule has 0 aromatic rings. The molecule has 0 heterocycles. The molecule has 122 valence electrons. The van der Waals surface area contributed by atoms with Crippen LogP contribution in [-0.2, 0) is 0 Å². The van der Waals surface area contributed by atoms with Gasteiger partial charge in [-0.3, -0.25) is 9.80 Å². The van der Waals surface area contributed by atoms with Gasteiger partial charge in [-0.2, -0.15) is 0 Å². The maximum absolute atomic E-state index is 6.37. The molecule has 0 spiro atoms. The predicted octanol–water partition coefficient (Wildman–Crippen LogP) is 3.54. The molecule has 2 N–H and O–H groups in total. The lowest BCUT2D eigenvalue weighted by Crippen LogP contribution is -2.57. The number of rotatable bonds is 6. The summed E-state index contributed by atoms with van der Waals surface area (Å²) in [6, 6.07) is 0.548. The van der Waals surface area contributed by atoms with E-state index in [1.807, 2.05) is 0 Å². The fourth-order valence-electron chi connectivity index (χ4n) is 2.74. The fourth-order valence-corrected chi connectivity index (χ4v) is 2.74. The predicted molar refractivity (Wildman–Crippen MR) is 90.9 cm³/mol. The van der Waals surface area contributed by atoms with Crippen molar-refractivity contribution in [2.75, 3.05) is 19.6 Å². The summed E-state index contributed by atoms with van der Waals surface area (Å²) >= 11 is 0. The Morgan fingerprint density at radius 3 is 1.55 bits per heavy atom. The van der Waals surface area contributed by atoms with E-state index in [1.54, 1.807) is 0 Å². The SMILES string of the molecule is CC(C)N(CCN(CC(C)(C)C)C(C)(C)N)C(C)(C)C. The summed E-state index contributed by atoms with van der Waals surface area (Å²) in [5.74, 6) is 0. The van der Waals surface area contributed by atoms with Gasteiger partial charge in [0.1, 0.15) is 0 Å². The Kier molecular flexibility index (Phi) is 6.72. The van der Waals surface area contributed by atoms with E-state index in [0.717, 1.165) is 19.6 Å². The monoisotopic (exact) mass is 285 g/mol. The van der Waals surface area contributed by atoms with Crippen molar-refractivity contribution < 1.29 is 0 Å². The molecule has 20 heavy (non-hydrogen) atoms. The summed E-state index contributed by atoms with van der Waals surface area (Å²) in [4.78, 5) is 4.96. The topological polar surface area (TPSA) is 32.5 Å². The van der Waals surface area contributed by atoms with E-state index < -0.39 is 0 Å². The Morgan fingerprint density at radius 2 is 1.30 bits per heavy atom. The number of hydrogen-bond acceptors (Lipinski definition) is 3. The molecule has 0 aliphatic rings. The molecule has 3 nitrogen and oxygen atoms in total. The minimum absolute atomic E-state index is 0.195. The largest absolute Gasteiger partial charge is 0.314 e. The molecule has 0 amide bonds. The van der Waals surface area contributed by atoms with Crippen LogP contribution in [0.4, 0.5) is 0 Å². The van der Waals surface area contributed by atoms with Gasteiger partial charge in [-0.25, -0.2) is 0 Å². The van der Waals surface area contributed by atoms with Gasteiger partial charge < -0.3 is 5.73 Å². The maximum Gasteiger partial charge on any atom is 0.0629 e. The molecule has 0 unspecified atom stereocenters. The third kappa shape index (κ3) is 7.61. The van der Waals surface area contributed by atoms with Crippen LogP contribution in [0.25, 0.3) is 0 Å².